The molecule has 1 unspecified atom stereocenters. The van der Waals surface area contributed by atoms with Crippen LogP contribution in [0.25, 0.3) is 0 Å². The number of halogens is 4. The van der Waals surface area contributed by atoms with Crippen LogP contribution < -0.4 is 10.6 Å². The van der Waals surface area contributed by atoms with Gasteiger partial charge in [-0.15, -0.1) is 0 Å². The Bertz CT molecular complexity index is 893. The zero-order valence-corrected chi connectivity index (χ0v) is 14.5. The molecule has 5 nitrogen and oxygen atoms in total. The summed E-state index contributed by atoms with van der Waals surface area (Å²) in [5.74, 6) is -2.10. The highest BCUT2D eigenvalue weighted by molar-refractivity contribution is 6.05. The molecule has 3 rings (SSSR count). The number of anilines is 2. The molecular weight excluding hydrogens is 380 g/mol. The molecule has 1 aliphatic rings. The van der Waals surface area contributed by atoms with Gasteiger partial charge in [0.2, 0.25) is 0 Å². The van der Waals surface area contributed by atoms with Crippen LogP contribution in [0.5, 0.6) is 0 Å². The number of carbonyl (C=O) groups excluding carboxylic acids is 2. The number of nitrogens with one attached hydrogen (secondary N) is 2. The fourth-order valence-corrected chi connectivity index (χ4v) is 2.80. The van der Waals surface area contributed by atoms with Gasteiger partial charge in [0, 0.05) is 17.9 Å². The fraction of sp³-hybridized carbons (Fsp3) is 0.263. The first-order chi connectivity index (χ1) is 13.2. The number of carbonyl (C=O) groups is 2. The topological polar surface area (TPSA) is 67.4 Å². The Balaban J connectivity index is 1.82. The summed E-state index contributed by atoms with van der Waals surface area (Å²) in [6, 6.07) is 7.59. The van der Waals surface area contributed by atoms with Gasteiger partial charge in [0.05, 0.1) is 11.3 Å². The molecule has 28 heavy (non-hydrogen) atoms. The molecule has 1 aliphatic heterocycles. The normalized spacial score (nSPS) is 16.6. The van der Waals surface area contributed by atoms with Gasteiger partial charge in [0.25, 0.3) is 11.8 Å². The average molecular weight is 396 g/mol. The summed E-state index contributed by atoms with van der Waals surface area (Å²) in [6.07, 6.45) is -4.27. The summed E-state index contributed by atoms with van der Waals surface area (Å²) >= 11 is 0. The average Bonchev–Trinajstić information content (AvgIpc) is 3.17. The summed E-state index contributed by atoms with van der Waals surface area (Å²) < 4.78 is 58.7. The lowest BCUT2D eigenvalue weighted by Crippen LogP contribution is -2.27. The van der Waals surface area contributed by atoms with E-state index in [0.29, 0.717) is 19.4 Å². The quantitative estimate of drug-likeness (QED) is 0.761. The summed E-state index contributed by atoms with van der Waals surface area (Å²) in [5.41, 5.74) is -1.83. The summed E-state index contributed by atoms with van der Waals surface area (Å²) in [4.78, 5) is 24.2. The maximum absolute atomic E-state index is 13.4. The molecule has 0 radical (unpaired) electrons. The Morgan fingerprint density at radius 1 is 1.07 bits per heavy atom. The van der Waals surface area contributed by atoms with Gasteiger partial charge in [0.15, 0.2) is 0 Å². The molecule has 1 saturated heterocycles. The first kappa shape index (κ1) is 19.8. The molecule has 1 heterocycles. The number of ether oxygens (including phenoxy) is 1. The fourth-order valence-electron chi connectivity index (χ4n) is 2.80. The van der Waals surface area contributed by atoms with Gasteiger partial charge in [0.1, 0.15) is 11.9 Å². The lowest BCUT2D eigenvalue weighted by Gasteiger charge is -2.17. The van der Waals surface area contributed by atoms with Crippen molar-refractivity contribution in [2.45, 2.75) is 25.1 Å². The van der Waals surface area contributed by atoms with Crippen molar-refractivity contribution in [1.29, 1.82) is 0 Å². The number of hydrogen-bond acceptors (Lipinski definition) is 3. The lowest BCUT2D eigenvalue weighted by atomic mass is 10.1. The second kappa shape index (κ2) is 7.97. The highest BCUT2D eigenvalue weighted by Gasteiger charge is 2.35. The molecule has 2 N–H and O–H groups in total. The molecule has 0 saturated carbocycles. The minimum Gasteiger partial charge on any atom is -0.368 e. The van der Waals surface area contributed by atoms with Gasteiger partial charge in [-0.3, -0.25) is 9.59 Å². The third kappa shape index (κ3) is 4.66. The van der Waals surface area contributed by atoms with Crippen LogP contribution >= 0.6 is 0 Å². The molecule has 148 valence electrons. The van der Waals surface area contributed by atoms with Crippen molar-refractivity contribution in [3.63, 3.8) is 0 Å². The molecule has 1 atom stereocenters. The molecule has 0 aliphatic carbocycles. The van der Waals surface area contributed by atoms with E-state index in [1.54, 1.807) is 0 Å². The smallest absolute Gasteiger partial charge is 0.368 e. The number of rotatable bonds is 4. The number of amides is 2. The van der Waals surface area contributed by atoms with Crippen molar-refractivity contribution in [3.8, 4) is 0 Å². The van der Waals surface area contributed by atoms with Crippen molar-refractivity contribution in [3.05, 3.63) is 59.4 Å². The number of benzene rings is 2. The van der Waals surface area contributed by atoms with Crippen molar-refractivity contribution < 1.29 is 31.9 Å². The first-order valence-corrected chi connectivity index (χ1v) is 8.44. The lowest BCUT2D eigenvalue weighted by molar-refractivity contribution is -0.137. The Morgan fingerprint density at radius 2 is 1.86 bits per heavy atom. The monoisotopic (exact) mass is 396 g/mol. The zero-order valence-electron chi connectivity index (χ0n) is 14.5. The minimum atomic E-state index is -4.78. The predicted molar refractivity (Wildman–Crippen MR) is 93.4 cm³/mol. The second-order valence-electron chi connectivity index (χ2n) is 6.21. The Morgan fingerprint density at radius 3 is 2.50 bits per heavy atom. The van der Waals surface area contributed by atoms with E-state index >= 15 is 0 Å². The third-order valence-corrected chi connectivity index (χ3v) is 4.15. The summed E-state index contributed by atoms with van der Waals surface area (Å²) in [6.45, 7) is 0.428. The van der Waals surface area contributed by atoms with Crippen LogP contribution in [-0.2, 0) is 15.7 Å². The van der Waals surface area contributed by atoms with E-state index in [1.807, 2.05) is 0 Å². The summed E-state index contributed by atoms with van der Waals surface area (Å²) in [5, 5.41) is 4.52. The molecular formula is C19H16F4N2O3. The van der Waals surface area contributed by atoms with E-state index < -0.39 is 41.2 Å². The van der Waals surface area contributed by atoms with Crippen LogP contribution in [0.4, 0.5) is 28.9 Å². The highest BCUT2D eigenvalue weighted by Crippen LogP contribution is 2.37. The minimum absolute atomic E-state index is 0.0726. The molecule has 1 fully saturated rings. The molecule has 2 aromatic carbocycles. The van der Waals surface area contributed by atoms with Crippen LogP contribution in [-0.4, -0.2) is 24.5 Å². The largest absolute Gasteiger partial charge is 0.418 e. The van der Waals surface area contributed by atoms with Crippen molar-refractivity contribution >= 4 is 23.2 Å². The van der Waals surface area contributed by atoms with Crippen LogP contribution in [0, 0.1) is 5.82 Å². The van der Waals surface area contributed by atoms with E-state index in [4.69, 9.17) is 4.74 Å². The Labute approximate surface area is 157 Å². The van der Waals surface area contributed by atoms with Gasteiger partial charge in [-0.1, -0.05) is 6.07 Å². The highest BCUT2D eigenvalue weighted by atomic mass is 19.4. The molecule has 0 aromatic heterocycles. The molecule has 0 bridgehead atoms. The van der Waals surface area contributed by atoms with Crippen LogP contribution in [0.2, 0.25) is 0 Å². The van der Waals surface area contributed by atoms with E-state index in [9.17, 15) is 27.2 Å². The van der Waals surface area contributed by atoms with Gasteiger partial charge < -0.3 is 15.4 Å². The molecule has 2 aromatic rings. The molecule has 9 heteroatoms. The molecule has 2 amide bonds. The van der Waals surface area contributed by atoms with E-state index in [0.717, 1.165) is 24.3 Å². The summed E-state index contributed by atoms with van der Waals surface area (Å²) in [7, 11) is 0. The standard InChI is InChI=1S/C19H16F4N2O3/c20-12-4-1-3-11(9-12)17(26)25-15-7-6-13(10-14(15)19(21,22)23)24-18(27)16-5-2-8-28-16/h1,3-4,6-7,9-10,16H,2,5,8H2,(H,24,27)(H,25,26). The second-order valence-corrected chi connectivity index (χ2v) is 6.21. The predicted octanol–water partition coefficient (Wildman–Crippen LogP) is 4.21. The van der Waals surface area contributed by atoms with Crippen LogP contribution in [0.15, 0.2) is 42.5 Å². The van der Waals surface area contributed by atoms with Crippen molar-refractivity contribution in [1.82, 2.24) is 0 Å². The number of hydrogen-bond donors (Lipinski definition) is 2. The van der Waals surface area contributed by atoms with Gasteiger partial charge in [-0.05, 0) is 49.2 Å². The van der Waals surface area contributed by atoms with E-state index in [1.165, 1.54) is 18.2 Å². The van der Waals surface area contributed by atoms with Crippen LogP contribution in [0.3, 0.4) is 0 Å². The number of alkyl halides is 3. The van der Waals surface area contributed by atoms with Crippen molar-refractivity contribution in [2.24, 2.45) is 0 Å². The zero-order chi connectivity index (χ0) is 20.3. The maximum atomic E-state index is 13.4. The van der Waals surface area contributed by atoms with Gasteiger partial charge in [-0.25, -0.2) is 4.39 Å². The van der Waals surface area contributed by atoms with Crippen molar-refractivity contribution in [2.75, 3.05) is 17.2 Å². The van der Waals surface area contributed by atoms with Crippen LogP contribution in [0.1, 0.15) is 28.8 Å². The molecule has 0 spiro atoms. The van der Waals surface area contributed by atoms with E-state index in [2.05, 4.69) is 10.6 Å². The van der Waals surface area contributed by atoms with E-state index in [-0.39, 0.29) is 11.3 Å². The van der Waals surface area contributed by atoms with Gasteiger partial charge in [-0.2, -0.15) is 13.2 Å². The third-order valence-electron chi connectivity index (χ3n) is 4.15. The maximum Gasteiger partial charge on any atom is 0.418 e. The SMILES string of the molecule is O=C(Nc1ccc(NC(=O)C2CCCO2)cc1C(F)(F)F)c1cccc(F)c1. The van der Waals surface area contributed by atoms with Gasteiger partial charge >= 0.3 is 6.18 Å². The Kier molecular flexibility index (Phi) is 5.64. The first-order valence-electron chi connectivity index (χ1n) is 8.44. The Hall–Kier alpha value is -2.94.